The normalized spacial score (nSPS) is 17.8. The first-order valence-electron chi connectivity index (χ1n) is 13.0. The van der Waals surface area contributed by atoms with Crippen LogP contribution in [0.1, 0.15) is 49.4 Å². The fourth-order valence-corrected chi connectivity index (χ4v) is 6.21. The Bertz CT molecular complexity index is 1560. The smallest absolute Gasteiger partial charge is 0.227 e. The van der Waals surface area contributed by atoms with E-state index in [0.29, 0.717) is 34.9 Å². The van der Waals surface area contributed by atoms with E-state index < -0.39 is 0 Å². The first-order chi connectivity index (χ1) is 18.9. The molecule has 0 radical (unpaired) electrons. The number of hydrogen-bond acceptors (Lipinski definition) is 6. The van der Waals surface area contributed by atoms with Gasteiger partial charge in [0.2, 0.25) is 11.1 Å². The van der Waals surface area contributed by atoms with Crippen LogP contribution in [-0.2, 0) is 17.2 Å². The third kappa shape index (κ3) is 5.47. The Kier molecular flexibility index (Phi) is 6.95. The summed E-state index contributed by atoms with van der Waals surface area (Å²) in [5.41, 5.74) is 4.62. The zero-order chi connectivity index (χ0) is 27.0. The summed E-state index contributed by atoms with van der Waals surface area (Å²) in [5.74, 6) is 2.26. The highest BCUT2D eigenvalue weighted by Crippen LogP contribution is 2.46. The van der Waals surface area contributed by atoms with E-state index in [-0.39, 0.29) is 17.2 Å². The number of nitrogens with zero attached hydrogens (tertiary/aromatic N) is 3. The highest BCUT2D eigenvalue weighted by atomic mass is 35.5. The van der Waals surface area contributed by atoms with Gasteiger partial charge in [-0.05, 0) is 41.2 Å². The first kappa shape index (κ1) is 25.7. The maximum absolute atomic E-state index is 13.6. The largest absolute Gasteiger partial charge is 0.489 e. The Morgan fingerprint density at radius 1 is 1.05 bits per heavy atom. The summed E-state index contributed by atoms with van der Waals surface area (Å²) in [6.07, 6.45) is 1.26. The lowest BCUT2D eigenvalue weighted by molar-refractivity contribution is -0.118. The van der Waals surface area contributed by atoms with Crippen molar-refractivity contribution in [2.45, 2.75) is 50.2 Å². The number of ketones is 1. The van der Waals surface area contributed by atoms with Crippen LogP contribution in [0, 0.1) is 5.41 Å². The predicted molar refractivity (Wildman–Crippen MR) is 155 cm³/mol. The Morgan fingerprint density at radius 2 is 1.85 bits per heavy atom. The number of aromatic nitrogens is 3. The zero-order valence-corrected chi connectivity index (χ0v) is 23.4. The monoisotopic (exact) mass is 556 g/mol. The van der Waals surface area contributed by atoms with Crippen molar-refractivity contribution >= 4 is 35.1 Å². The van der Waals surface area contributed by atoms with Crippen LogP contribution in [0.15, 0.2) is 95.3 Å². The number of ether oxygens (including phenoxy) is 1. The predicted octanol–water partition coefficient (Wildman–Crippen LogP) is 7.46. The molecule has 1 unspecified atom stereocenters. The molecule has 6 nitrogen and oxygen atoms in total. The SMILES string of the molecule is CC1(C)CC(=O)C2=C(C1)Nc1nc(SCc3ccccc3)nn1C2c1cccc(OCc2ccccc2Cl)c1. The van der Waals surface area contributed by atoms with Crippen LogP contribution in [0.5, 0.6) is 5.75 Å². The number of carbonyl (C=O) groups excluding carboxylic acids is 1. The number of fused-ring (bicyclic) bond motifs is 1. The number of carbonyl (C=O) groups is 1. The zero-order valence-electron chi connectivity index (χ0n) is 21.9. The van der Waals surface area contributed by atoms with Crippen molar-refractivity contribution in [1.29, 1.82) is 0 Å². The lowest BCUT2D eigenvalue weighted by Crippen LogP contribution is -2.36. The third-order valence-corrected chi connectivity index (χ3v) is 8.33. The van der Waals surface area contributed by atoms with E-state index in [0.717, 1.165) is 34.6 Å². The molecule has 0 saturated carbocycles. The molecule has 2 aliphatic rings. The van der Waals surface area contributed by atoms with Gasteiger partial charge < -0.3 is 10.1 Å². The molecular weight excluding hydrogens is 528 g/mol. The van der Waals surface area contributed by atoms with Gasteiger partial charge in [-0.15, -0.1) is 5.10 Å². The highest BCUT2D eigenvalue weighted by molar-refractivity contribution is 7.98. The van der Waals surface area contributed by atoms with Crippen LogP contribution in [0.2, 0.25) is 5.02 Å². The fourth-order valence-electron chi connectivity index (χ4n) is 5.23. The molecule has 0 saturated heterocycles. The number of nitrogens with one attached hydrogen (secondary N) is 1. The van der Waals surface area contributed by atoms with Crippen molar-refractivity contribution in [3.05, 3.63) is 112 Å². The van der Waals surface area contributed by atoms with E-state index in [4.69, 9.17) is 26.4 Å². The Hall–Kier alpha value is -3.55. The van der Waals surface area contributed by atoms with Crippen LogP contribution in [-0.4, -0.2) is 20.5 Å². The molecule has 1 aromatic heterocycles. The van der Waals surface area contributed by atoms with Gasteiger partial charge in [0.25, 0.3) is 0 Å². The maximum atomic E-state index is 13.6. The Balaban J connectivity index is 1.34. The van der Waals surface area contributed by atoms with Crippen molar-refractivity contribution < 1.29 is 9.53 Å². The Labute approximate surface area is 237 Å². The number of allylic oxidation sites excluding steroid dienone is 2. The van der Waals surface area contributed by atoms with Crippen molar-refractivity contribution in [2.24, 2.45) is 5.41 Å². The number of Topliss-reactive ketones (excluding diaryl/α,β-unsaturated/α-hetero) is 1. The molecule has 0 bridgehead atoms. The van der Waals surface area contributed by atoms with Gasteiger partial charge in [-0.3, -0.25) is 4.79 Å². The van der Waals surface area contributed by atoms with Gasteiger partial charge in [0.15, 0.2) is 5.78 Å². The number of thioether (sulfide) groups is 1. The second kappa shape index (κ2) is 10.5. The summed E-state index contributed by atoms with van der Waals surface area (Å²) in [6, 6.07) is 25.4. The number of hydrogen-bond donors (Lipinski definition) is 1. The number of anilines is 1. The molecule has 0 amide bonds. The number of halogens is 1. The van der Waals surface area contributed by atoms with Gasteiger partial charge in [0.1, 0.15) is 18.4 Å². The van der Waals surface area contributed by atoms with Gasteiger partial charge in [-0.1, -0.05) is 97.9 Å². The molecule has 0 spiro atoms. The summed E-state index contributed by atoms with van der Waals surface area (Å²) >= 11 is 7.92. The van der Waals surface area contributed by atoms with E-state index in [1.165, 1.54) is 5.56 Å². The molecule has 1 atom stereocenters. The molecule has 198 valence electrons. The summed E-state index contributed by atoms with van der Waals surface area (Å²) in [4.78, 5) is 18.4. The van der Waals surface area contributed by atoms with E-state index in [1.807, 2.05) is 71.4 Å². The van der Waals surface area contributed by atoms with Gasteiger partial charge in [-0.25, -0.2) is 4.68 Å². The second-order valence-corrected chi connectivity index (χ2v) is 12.1. The number of benzene rings is 3. The first-order valence-corrected chi connectivity index (χ1v) is 14.4. The molecule has 39 heavy (non-hydrogen) atoms. The minimum Gasteiger partial charge on any atom is -0.489 e. The summed E-state index contributed by atoms with van der Waals surface area (Å²) in [6.45, 7) is 4.62. The van der Waals surface area contributed by atoms with Crippen molar-refractivity contribution in [2.75, 3.05) is 5.32 Å². The average Bonchev–Trinajstić information content (AvgIpc) is 3.33. The van der Waals surface area contributed by atoms with E-state index in [1.54, 1.807) is 11.8 Å². The molecular formula is C31H29ClN4O2S. The van der Waals surface area contributed by atoms with E-state index in [2.05, 4.69) is 31.3 Å². The molecule has 1 aliphatic heterocycles. The van der Waals surface area contributed by atoms with Crippen molar-refractivity contribution in [1.82, 2.24) is 14.8 Å². The molecule has 2 heterocycles. The summed E-state index contributed by atoms with van der Waals surface area (Å²) in [5, 5.41) is 9.68. The number of rotatable bonds is 7. The summed E-state index contributed by atoms with van der Waals surface area (Å²) < 4.78 is 7.99. The minimum absolute atomic E-state index is 0.125. The van der Waals surface area contributed by atoms with Crippen LogP contribution in [0.3, 0.4) is 0 Å². The van der Waals surface area contributed by atoms with Crippen LogP contribution < -0.4 is 10.1 Å². The lowest BCUT2D eigenvalue weighted by Gasteiger charge is -2.38. The standard InChI is InChI=1S/C31H29ClN4O2S/c1-31(2)16-25-27(26(37)17-31)28(21-12-8-13-23(15-21)38-18-22-11-6-7-14-24(22)32)36-29(33-25)34-30(35-36)39-19-20-9-4-3-5-10-20/h3-15,28H,16-19H2,1-2H3,(H,33,34,35). The second-order valence-electron chi connectivity index (χ2n) is 10.8. The Morgan fingerprint density at radius 3 is 2.67 bits per heavy atom. The van der Waals surface area contributed by atoms with Crippen molar-refractivity contribution in [3.63, 3.8) is 0 Å². The molecule has 3 aromatic carbocycles. The molecule has 1 aliphatic carbocycles. The van der Waals surface area contributed by atoms with E-state index in [9.17, 15) is 4.79 Å². The fraction of sp³-hybridized carbons (Fsp3) is 0.258. The van der Waals surface area contributed by atoms with Crippen LogP contribution in [0.4, 0.5) is 5.95 Å². The topological polar surface area (TPSA) is 69.0 Å². The lowest BCUT2D eigenvalue weighted by atomic mass is 9.73. The van der Waals surface area contributed by atoms with E-state index >= 15 is 0 Å². The van der Waals surface area contributed by atoms with Crippen molar-refractivity contribution in [3.8, 4) is 5.75 Å². The third-order valence-electron chi connectivity index (χ3n) is 7.05. The molecule has 6 rings (SSSR count). The molecule has 8 heteroatoms. The molecule has 0 fully saturated rings. The molecule has 1 N–H and O–H groups in total. The van der Waals surface area contributed by atoms with Crippen LogP contribution in [0.25, 0.3) is 0 Å². The summed E-state index contributed by atoms with van der Waals surface area (Å²) in [7, 11) is 0. The minimum atomic E-state index is -0.387. The van der Waals surface area contributed by atoms with Gasteiger partial charge in [0, 0.05) is 34.0 Å². The van der Waals surface area contributed by atoms with Gasteiger partial charge in [0.05, 0.1) is 0 Å². The van der Waals surface area contributed by atoms with Gasteiger partial charge >= 0.3 is 0 Å². The highest BCUT2D eigenvalue weighted by Gasteiger charge is 2.42. The van der Waals surface area contributed by atoms with Gasteiger partial charge in [-0.2, -0.15) is 4.98 Å². The average molecular weight is 557 g/mol. The maximum Gasteiger partial charge on any atom is 0.227 e. The van der Waals surface area contributed by atoms with Crippen LogP contribution >= 0.6 is 23.4 Å². The quantitative estimate of drug-likeness (QED) is 0.238. The molecule has 4 aromatic rings.